The SMILES string of the molecule is CC[C@H](C(=O)NC1CCCCC1)N(Cc1ccc(Cl)cc1)C(=O)CCN1C(=O)[C@H]2CC=CC[C@H]2C1=O. The minimum atomic E-state index is -0.633. The first-order chi connectivity index (χ1) is 17.4. The van der Waals surface area contributed by atoms with Crippen LogP contribution in [0, 0.1) is 11.8 Å². The summed E-state index contributed by atoms with van der Waals surface area (Å²) in [6, 6.07) is 6.73. The molecule has 4 rings (SSSR count). The smallest absolute Gasteiger partial charge is 0.243 e. The number of imide groups is 1. The van der Waals surface area contributed by atoms with Crippen LogP contribution in [0.1, 0.15) is 70.3 Å². The molecular weight excluding hydrogens is 478 g/mol. The molecule has 36 heavy (non-hydrogen) atoms. The topological polar surface area (TPSA) is 86.8 Å². The Morgan fingerprint density at radius 2 is 1.64 bits per heavy atom. The highest BCUT2D eigenvalue weighted by atomic mass is 35.5. The number of carbonyl (C=O) groups is 4. The Morgan fingerprint density at radius 3 is 2.22 bits per heavy atom. The maximum Gasteiger partial charge on any atom is 0.243 e. The molecular formula is C28H36ClN3O4. The van der Waals surface area contributed by atoms with Crippen molar-refractivity contribution in [2.75, 3.05) is 6.54 Å². The molecule has 4 amide bonds. The number of amides is 4. The number of benzene rings is 1. The van der Waals surface area contributed by atoms with Crippen molar-refractivity contribution in [3.05, 3.63) is 47.0 Å². The van der Waals surface area contributed by atoms with Crippen molar-refractivity contribution < 1.29 is 19.2 Å². The molecule has 1 aromatic rings. The molecule has 2 fully saturated rings. The van der Waals surface area contributed by atoms with Gasteiger partial charge in [-0.15, -0.1) is 0 Å². The first-order valence-corrected chi connectivity index (χ1v) is 13.6. The van der Waals surface area contributed by atoms with Crippen molar-refractivity contribution >= 4 is 35.2 Å². The van der Waals surface area contributed by atoms with Crippen LogP contribution in [0.2, 0.25) is 5.02 Å². The number of allylic oxidation sites excluding steroid dienone is 2. The summed E-state index contributed by atoms with van der Waals surface area (Å²) in [6.07, 6.45) is 10.8. The van der Waals surface area contributed by atoms with Crippen LogP contribution in [0.3, 0.4) is 0 Å². The van der Waals surface area contributed by atoms with Gasteiger partial charge in [0, 0.05) is 30.6 Å². The zero-order valence-electron chi connectivity index (χ0n) is 21.0. The Hall–Kier alpha value is -2.67. The largest absolute Gasteiger partial charge is 0.352 e. The predicted octanol–water partition coefficient (Wildman–Crippen LogP) is 4.24. The van der Waals surface area contributed by atoms with Crippen molar-refractivity contribution in [1.29, 1.82) is 0 Å². The van der Waals surface area contributed by atoms with E-state index >= 15 is 0 Å². The summed E-state index contributed by atoms with van der Waals surface area (Å²) in [5, 5.41) is 3.76. The number of hydrogen-bond acceptors (Lipinski definition) is 4. The van der Waals surface area contributed by atoms with Gasteiger partial charge in [0.1, 0.15) is 6.04 Å². The molecule has 1 heterocycles. The molecule has 194 valence electrons. The van der Waals surface area contributed by atoms with Crippen LogP contribution in [-0.2, 0) is 25.7 Å². The lowest BCUT2D eigenvalue weighted by Gasteiger charge is -2.33. The lowest BCUT2D eigenvalue weighted by Crippen LogP contribution is -2.52. The second-order valence-corrected chi connectivity index (χ2v) is 10.6. The number of carbonyl (C=O) groups excluding carboxylic acids is 4. The molecule has 1 N–H and O–H groups in total. The highest BCUT2D eigenvalue weighted by Crippen LogP contribution is 2.35. The number of nitrogens with one attached hydrogen (secondary N) is 1. The lowest BCUT2D eigenvalue weighted by atomic mass is 9.85. The van der Waals surface area contributed by atoms with E-state index in [0.29, 0.717) is 24.3 Å². The first kappa shape index (κ1) is 26.4. The molecule has 1 saturated heterocycles. The molecule has 1 aromatic carbocycles. The number of likely N-dealkylation sites (tertiary alicyclic amines) is 1. The summed E-state index contributed by atoms with van der Waals surface area (Å²) in [5.74, 6) is -1.39. The minimum Gasteiger partial charge on any atom is -0.352 e. The van der Waals surface area contributed by atoms with Crippen LogP contribution in [0.25, 0.3) is 0 Å². The van der Waals surface area contributed by atoms with Gasteiger partial charge < -0.3 is 10.2 Å². The Kier molecular flexibility index (Phi) is 8.83. The fourth-order valence-corrected chi connectivity index (χ4v) is 5.82. The van der Waals surface area contributed by atoms with Crippen LogP contribution >= 0.6 is 11.6 Å². The molecule has 1 saturated carbocycles. The first-order valence-electron chi connectivity index (χ1n) is 13.2. The Labute approximate surface area is 218 Å². The zero-order valence-corrected chi connectivity index (χ0v) is 21.7. The fourth-order valence-electron chi connectivity index (χ4n) is 5.69. The van der Waals surface area contributed by atoms with Crippen LogP contribution in [-0.4, -0.2) is 52.1 Å². The second kappa shape index (κ2) is 12.0. The maximum atomic E-state index is 13.6. The predicted molar refractivity (Wildman–Crippen MR) is 138 cm³/mol. The highest BCUT2D eigenvalue weighted by Gasteiger charge is 2.47. The molecule has 0 aromatic heterocycles. The minimum absolute atomic E-state index is 0.00878. The van der Waals surface area contributed by atoms with Gasteiger partial charge in [0.2, 0.25) is 23.6 Å². The van der Waals surface area contributed by atoms with Crippen molar-refractivity contribution in [2.45, 2.75) is 83.3 Å². The van der Waals surface area contributed by atoms with Crippen LogP contribution in [0.15, 0.2) is 36.4 Å². The third-order valence-electron chi connectivity index (χ3n) is 7.75. The van der Waals surface area contributed by atoms with E-state index < -0.39 is 6.04 Å². The van der Waals surface area contributed by atoms with E-state index in [4.69, 9.17) is 11.6 Å². The number of fused-ring (bicyclic) bond motifs is 1. The van der Waals surface area contributed by atoms with E-state index in [1.807, 2.05) is 31.2 Å². The van der Waals surface area contributed by atoms with Crippen LogP contribution in [0.5, 0.6) is 0 Å². The van der Waals surface area contributed by atoms with Crippen LogP contribution < -0.4 is 5.32 Å². The molecule has 0 bridgehead atoms. The second-order valence-electron chi connectivity index (χ2n) is 10.1. The molecule has 7 nitrogen and oxygen atoms in total. The van der Waals surface area contributed by atoms with E-state index in [1.54, 1.807) is 17.0 Å². The number of nitrogens with zero attached hydrogens (tertiary/aromatic N) is 2. The third kappa shape index (κ3) is 6.00. The molecule has 0 unspecified atom stereocenters. The van der Waals surface area contributed by atoms with Crippen LogP contribution in [0.4, 0.5) is 0 Å². The summed E-state index contributed by atoms with van der Waals surface area (Å²) >= 11 is 6.04. The third-order valence-corrected chi connectivity index (χ3v) is 8.00. The van der Waals surface area contributed by atoms with Gasteiger partial charge in [-0.05, 0) is 49.8 Å². The number of hydrogen-bond donors (Lipinski definition) is 1. The van der Waals surface area contributed by atoms with Crippen molar-refractivity contribution in [2.24, 2.45) is 11.8 Å². The lowest BCUT2D eigenvalue weighted by molar-refractivity contribution is -0.144. The van der Waals surface area contributed by atoms with Gasteiger partial charge in [-0.25, -0.2) is 0 Å². The number of halogens is 1. The van der Waals surface area contributed by atoms with Crippen molar-refractivity contribution in [3.8, 4) is 0 Å². The van der Waals surface area contributed by atoms with Gasteiger partial charge in [-0.3, -0.25) is 24.1 Å². The van der Waals surface area contributed by atoms with Gasteiger partial charge in [0.15, 0.2) is 0 Å². The zero-order chi connectivity index (χ0) is 25.7. The van der Waals surface area contributed by atoms with E-state index in [9.17, 15) is 19.2 Å². The Morgan fingerprint density at radius 1 is 1.03 bits per heavy atom. The standard InChI is InChI=1S/C28H36ClN3O4/c1-2-24(26(34)30-21-8-4-3-5-9-21)32(18-19-12-14-20(29)15-13-19)25(33)16-17-31-27(35)22-10-6-7-11-23(22)28(31)36/h6-7,12-15,21-24H,2-5,8-11,16-18H2,1H3,(H,30,34)/t22-,23+,24-/m1/s1. The average molecular weight is 514 g/mol. The van der Waals surface area contributed by atoms with E-state index in [0.717, 1.165) is 31.2 Å². The molecule has 3 aliphatic rings. The van der Waals surface area contributed by atoms with Gasteiger partial charge in [-0.1, -0.05) is 62.1 Å². The molecule has 0 radical (unpaired) electrons. The van der Waals surface area contributed by atoms with Gasteiger partial charge >= 0.3 is 0 Å². The fraction of sp³-hybridized carbons (Fsp3) is 0.571. The monoisotopic (exact) mass is 513 g/mol. The Bertz CT molecular complexity index is 977. The average Bonchev–Trinajstić information content (AvgIpc) is 3.13. The summed E-state index contributed by atoms with van der Waals surface area (Å²) in [7, 11) is 0. The molecule has 2 aliphatic carbocycles. The Balaban J connectivity index is 1.47. The van der Waals surface area contributed by atoms with Crippen molar-refractivity contribution in [1.82, 2.24) is 15.1 Å². The van der Waals surface area contributed by atoms with Gasteiger partial charge in [-0.2, -0.15) is 0 Å². The van der Waals surface area contributed by atoms with Gasteiger partial charge in [0.25, 0.3) is 0 Å². The summed E-state index contributed by atoms with van der Waals surface area (Å²) < 4.78 is 0. The highest BCUT2D eigenvalue weighted by molar-refractivity contribution is 6.30. The van der Waals surface area contributed by atoms with Crippen molar-refractivity contribution in [3.63, 3.8) is 0 Å². The van der Waals surface area contributed by atoms with E-state index in [2.05, 4.69) is 5.32 Å². The normalized spacial score (nSPS) is 22.9. The maximum absolute atomic E-state index is 13.6. The molecule has 3 atom stereocenters. The summed E-state index contributed by atoms with van der Waals surface area (Å²) in [5.41, 5.74) is 0.863. The summed E-state index contributed by atoms with van der Waals surface area (Å²) in [6.45, 7) is 2.20. The molecule has 8 heteroatoms. The molecule has 1 aliphatic heterocycles. The number of rotatable bonds is 9. The molecule has 0 spiro atoms. The van der Waals surface area contributed by atoms with E-state index in [-0.39, 0.29) is 61.0 Å². The van der Waals surface area contributed by atoms with Gasteiger partial charge in [0.05, 0.1) is 11.8 Å². The quantitative estimate of drug-likeness (QED) is 0.395. The van der Waals surface area contributed by atoms with E-state index in [1.165, 1.54) is 11.3 Å². The summed E-state index contributed by atoms with van der Waals surface area (Å²) in [4.78, 5) is 55.4.